The molecule has 1 aromatic rings. The first kappa shape index (κ1) is 19.0. The third-order valence-electron chi connectivity index (χ3n) is 4.37. The zero-order valence-corrected chi connectivity index (χ0v) is 13.6. The third kappa shape index (κ3) is 4.61. The van der Waals surface area contributed by atoms with Crippen molar-refractivity contribution in [2.45, 2.75) is 50.3 Å². The highest BCUT2D eigenvalue weighted by Crippen LogP contribution is 2.42. The van der Waals surface area contributed by atoms with E-state index >= 15 is 0 Å². The van der Waals surface area contributed by atoms with Gasteiger partial charge in [0.1, 0.15) is 5.60 Å². The Bertz CT molecular complexity index is 656. The predicted molar refractivity (Wildman–Crippen MR) is 83.7 cm³/mol. The first-order valence-corrected chi connectivity index (χ1v) is 7.95. The second-order valence-electron chi connectivity index (χ2n) is 6.19. The SMILES string of the molecule is C=C(CC(=O)OC1(c2ccc(C(F)(F)F)cc2)CCCCC1)C(=O)O. The Balaban J connectivity index is 2.24. The van der Waals surface area contributed by atoms with Gasteiger partial charge in [-0.2, -0.15) is 13.2 Å². The van der Waals surface area contributed by atoms with Gasteiger partial charge in [0.2, 0.25) is 0 Å². The summed E-state index contributed by atoms with van der Waals surface area (Å²) < 4.78 is 43.8. The monoisotopic (exact) mass is 356 g/mol. The van der Waals surface area contributed by atoms with Crippen molar-refractivity contribution in [2.24, 2.45) is 0 Å². The minimum atomic E-state index is -4.44. The molecular formula is C18H19F3O4. The van der Waals surface area contributed by atoms with Crippen LogP contribution in [0.25, 0.3) is 0 Å². The van der Waals surface area contributed by atoms with Crippen LogP contribution in [-0.4, -0.2) is 17.0 Å². The van der Waals surface area contributed by atoms with Crippen molar-refractivity contribution in [2.75, 3.05) is 0 Å². The van der Waals surface area contributed by atoms with Crippen LogP contribution in [0.3, 0.4) is 0 Å². The van der Waals surface area contributed by atoms with Crippen LogP contribution in [0.5, 0.6) is 0 Å². The Morgan fingerprint density at radius 3 is 2.16 bits per heavy atom. The lowest BCUT2D eigenvalue weighted by molar-refractivity contribution is -0.165. The van der Waals surface area contributed by atoms with Gasteiger partial charge in [0.25, 0.3) is 0 Å². The van der Waals surface area contributed by atoms with Gasteiger partial charge in [-0.05, 0) is 43.4 Å². The molecule has 0 atom stereocenters. The van der Waals surface area contributed by atoms with Crippen LogP contribution < -0.4 is 0 Å². The molecule has 0 bridgehead atoms. The number of carboxylic acid groups (broad SMARTS) is 1. The molecule has 0 amide bonds. The fraction of sp³-hybridized carbons (Fsp3) is 0.444. The van der Waals surface area contributed by atoms with Crippen LogP contribution in [-0.2, 0) is 26.1 Å². The molecule has 0 heterocycles. The number of rotatable bonds is 5. The standard InChI is InChI=1S/C18H19F3O4/c1-12(16(23)24)11-15(22)25-17(9-3-2-4-10-17)13-5-7-14(8-6-13)18(19,20)21/h5-8H,1-4,9-11H2,(H,23,24). The Labute approximate surface area is 143 Å². The summed E-state index contributed by atoms with van der Waals surface area (Å²) in [4.78, 5) is 22.9. The Kier molecular flexibility index (Phi) is 5.55. The highest BCUT2D eigenvalue weighted by atomic mass is 19.4. The average Bonchev–Trinajstić information content (AvgIpc) is 2.54. The van der Waals surface area contributed by atoms with Gasteiger partial charge >= 0.3 is 18.1 Å². The van der Waals surface area contributed by atoms with Crippen molar-refractivity contribution in [3.05, 3.63) is 47.5 Å². The fourth-order valence-corrected chi connectivity index (χ4v) is 3.04. The molecule has 1 fully saturated rings. The van der Waals surface area contributed by atoms with Crippen LogP contribution in [0.4, 0.5) is 13.2 Å². The summed E-state index contributed by atoms with van der Waals surface area (Å²) in [5.41, 5.74) is -1.58. The highest BCUT2D eigenvalue weighted by Gasteiger charge is 2.39. The molecule has 0 radical (unpaired) electrons. The second kappa shape index (κ2) is 7.29. The predicted octanol–water partition coefficient (Wildman–Crippen LogP) is 4.44. The van der Waals surface area contributed by atoms with Gasteiger partial charge in [-0.15, -0.1) is 0 Å². The fourth-order valence-electron chi connectivity index (χ4n) is 3.04. The van der Waals surface area contributed by atoms with E-state index in [1.165, 1.54) is 12.1 Å². The smallest absolute Gasteiger partial charge is 0.416 e. The zero-order chi connectivity index (χ0) is 18.7. The molecule has 4 nitrogen and oxygen atoms in total. The molecule has 1 aliphatic rings. The molecule has 0 saturated heterocycles. The number of esters is 1. The average molecular weight is 356 g/mol. The van der Waals surface area contributed by atoms with Gasteiger partial charge in [0.05, 0.1) is 12.0 Å². The van der Waals surface area contributed by atoms with Gasteiger partial charge in [-0.1, -0.05) is 25.1 Å². The van der Waals surface area contributed by atoms with E-state index in [4.69, 9.17) is 9.84 Å². The number of aliphatic carboxylic acids is 1. The topological polar surface area (TPSA) is 63.6 Å². The molecule has 0 unspecified atom stereocenters. The molecule has 0 aromatic heterocycles. The van der Waals surface area contributed by atoms with E-state index < -0.39 is 35.7 Å². The first-order chi connectivity index (χ1) is 11.6. The van der Waals surface area contributed by atoms with Gasteiger partial charge in [0.15, 0.2) is 0 Å². The molecule has 0 aliphatic heterocycles. The van der Waals surface area contributed by atoms with Gasteiger partial charge in [-0.25, -0.2) is 4.79 Å². The van der Waals surface area contributed by atoms with Crippen LogP contribution in [0.15, 0.2) is 36.4 Å². The van der Waals surface area contributed by atoms with E-state index in [1.807, 2.05) is 0 Å². The number of benzene rings is 1. The molecule has 2 rings (SSSR count). The van der Waals surface area contributed by atoms with E-state index in [0.717, 1.165) is 31.4 Å². The van der Waals surface area contributed by atoms with E-state index in [-0.39, 0.29) is 5.57 Å². The summed E-state index contributed by atoms with van der Waals surface area (Å²) in [6.07, 6.45) is -1.43. The molecular weight excluding hydrogens is 337 g/mol. The lowest BCUT2D eigenvalue weighted by atomic mass is 9.79. The number of halogens is 3. The third-order valence-corrected chi connectivity index (χ3v) is 4.37. The number of ether oxygens (including phenoxy) is 1. The van der Waals surface area contributed by atoms with E-state index in [2.05, 4.69) is 6.58 Å². The molecule has 0 spiro atoms. The van der Waals surface area contributed by atoms with Crippen molar-refractivity contribution >= 4 is 11.9 Å². The number of carbonyl (C=O) groups is 2. The summed E-state index contributed by atoms with van der Waals surface area (Å²) >= 11 is 0. The van der Waals surface area contributed by atoms with Crippen LogP contribution in [0.1, 0.15) is 49.7 Å². The van der Waals surface area contributed by atoms with Crippen LogP contribution in [0.2, 0.25) is 0 Å². The van der Waals surface area contributed by atoms with Crippen molar-refractivity contribution < 1.29 is 32.6 Å². The molecule has 1 aliphatic carbocycles. The van der Waals surface area contributed by atoms with E-state index in [0.29, 0.717) is 18.4 Å². The molecule has 1 N–H and O–H groups in total. The normalized spacial score (nSPS) is 16.9. The van der Waals surface area contributed by atoms with E-state index in [9.17, 15) is 22.8 Å². The molecule has 1 saturated carbocycles. The molecule has 7 heteroatoms. The highest BCUT2D eigenvalue weighted by molar-refractivity contribution is 5.91. The van der Waals surface area contributed by atoms with Crippen LogP contribution >= 0.6 is 0 Å². The Morgan fingerprint density at radius 2 is 1.68 bits per heavy atom. The number of carbonyl (C=O) groups excluding carboxylic acids is 1. The molecule has 1 aromatic carbocycles. The van der Waals surface area contributed by atoms with Crippen molar-refractivity contribution in [1.82, 2.24) is 0 Å². The van der Waals surface area contributed by atoms with Crippen molar-refractivity contribution in [3.63, 3.8) is 0 Å². The van der Waals surface area contributed by atoms with Gasteiger partial charge < -0.3 is 9.84 Å². The largest absolute Gasteiger partial charge is 0.478 e. The number of alkyl halides is 3. The van der Waals surface area contributed by atoms with E-state index in [1.54, 1.807) is 0 Å². The maximum absolute atomic E-state index is 12.7. The summed E-state index contributed by atoms with van der Waals surface area (Å²) in [5.74, 6) is -2.03. The van der Waals surface area contributed by atoms with Gasteiger partial charge in [-0.3, -0.25) is 4.79 Å². The molecule has 136 valence electrons. The van der Waals surface area contributed by atoms with Crippen molar-refractivity contribution in [3.8, 4) is 0 Å². The van der Waals surface area contributed by atoms with Crippen LogP contribution in [0, 0.1) is 0 Å². The van der Waals surface area contributed by atoms with Crippen molar-refractivity contribution in [1.29, 1.82) is 0 Å². The summed E-state index contributed by atoms with van der Waals surface area (Å²) in [6, 6.07) is 4.59. The maximum atomic E-state index is 12.7. The summed E-state index contributed by atoms with van der Waals surface area (Å²) in [6.45, 7) is 3.30. The molecule has 25 heavy (non-hydrogen) atoms. The maximum Gasteiger partial charge on any atom is 0.416 e. The minimum Gasteiger partial charge on any atom is -0.478 e. The lowest BCUT2D eigenvalue weighted by Crippen LogP contribution is -2.35. The lowest BCUT2D eigenvalue weighted by Gasteiger charge is -2.37. The summed E-state index contributed by atoms with van der Waals surface area (Å²) in [5, 5.41) is 8.81. The summed E-state index contributed by atoms with van der Waals surface area (Å²) in [7, 11) is 0. The number of hydrogen-bond acceptors (Lipinski definition) is 3. The number of hydrogen-bond donors (Lipinski definition) is 1. The Hall–Kier alpha value is -2.31. The first-order valence-electron chi connectivity index (χ1n) is 7.95. The zero-order valence-electron chi connectivity index (χ0n) is 13.6. The number of carboxylic acids is 1. The second-order valence-corrected chi connectivity index (χ2v) is 6.19. The Morgan fingerprint density at radius 1 is 1.12 bits per heavy atom. The minimum absolute atomic E-state index is 0.289. The van der Waals surface area contributed by atoms with Gasteiger partial charge in [0, 0.05) is 5.57 Å². The quantitative estimate of drug-likeness (QED) is 0.626.